The number of carbonyl (C=O) groups excluding carboxylic acids is 2. The van der Waals surface area contributed by atoms with Crippen LogP contribution in [-0.2, 0) is 6.18 Å². The number of hydrogen-bond acceptors (Lipinski definition) is 4. The van der Waals surface area contributed by atoms with Crippen LogP contribution in [0.4, 0.5) is 38.7 Å². The highest BCUT2D eigenvalue weighted by atomic mass is 32.1. The summed E-state index contributed by atoms with van der Waals surface area (Å²) in [6.07, 6.45) is -4.74. The zero-order valence-electron chi connectivity index (χ0n) is 15.0. The number of nitrogen functional groups attached to an aromatic ring is 1. The monoisotopic (exact) mass is 438 g/mol. The molecule has 0 fully saturated rings. The molecule has 3 amide bonds. The number of alkyl halides is 3. The Morgan fingerprint density at radius 2 is 1.63 bits per heavy atom. The number of anilines is 3. The maximum Gasteiger partial charge on any atom is 0.416 e. The number of rotatable bonds is 4. The van der Waals surface area contributed by atoms with E-state index in [2.05, 4.69) is 0 Å². The van der Waals surface area contributed by atoms with Crippen molar-refractivity contribution < 1.29 is 27.2 Å². The molecule has 2 aromatic carbocycles. The first-order chi connectivity index (χ1) is 14.0. The van der Waals surface area contributed by atoms with Gasteiger partial charge in [0.1, 0.15) is 5.82 Å². The van der Waals surface area contributed by atoms with Gasteiger partial charge in [0.05, 0.1) is 27.5 Å². The highest BCUT2D eigenvalue weighted by Crippen LogP contribution is 2.37. The molecule has 6 nitrogen and oxygen atoms in total. The summed E-state index contributed by atoms with van der Waals surface area (Å²) in [5, 5.41) is 1.84. The molecule has 156 valence electrons. The number of carbonyl (C=O) groups is 2. The van der Waals surface area contributed by atoms with Gasteiger partial charge in [-0.2, -0.15) is 13.2 Å². The number of primary amides is 2. The minimum Gasteiger partial charge on any atom is -0.390 e. The van der Waals surface area contributed by atoms with Gasteiger partial charge in [-0.05, 0) is 35.9 Å². The van der Waals surface area contributed by atoms with E-state index >= 15 is 0 Å². The predicted octanol–water partition coefficient (Wildman–Crippen LogP) is 4.47. The van der Waals surface area contributed by atoms with E-state index < -0.39 is 35.2 Å². The number of amides is 3. The van der Waals surface area contributed by atoms with Crippen LogP contribution in [0.15, 0.2) is 47.8 Å². The van der Waals surface area contributed by atoms with Crippen LogP contribution in [0.5, 0.6) is 0 Å². The molecule has 0 spiro atoms. The number of hydrogen-bond donors (Lipinski definition) is 3. The largest absolute Gasteiger partial charge is 0.416 e. The van der Waals surface area contributed by atoms with Gasteiger partial charge in [0.15, 0.2) is 0 Å². The molecule has 0 saturated heterocycles. The summed E-state index contributed by atoms with van der Waals surface area (Å²) in [4.78, 5) is 24.2. The van der Waals surface area contributed by atoms with Crippen molar-refractivity contribution in [3.05, 3.63) is 64.8 Å². The maximum atomic E-state index is 14.3. The van der Waals surface area contributed by atoms with Gasteiger partial charge in [-0.15, -0.1) is 11.3 Å². The Bertz CT molecular complexity index is 1130. The quantitative estimate of drug-likeness (QED) is 0.522. The summed E-state index contributed by atoms with van der Waals surface area (Å²) >= 11 is 1.11. The lowest BCUT2D eigenvalue weighted by atomic mass is 10.0. The number of thiophene rings is 1. The molecule has 1 heterocycles. The van der Waals surface area contributed by atoms with Gasteiger partial charge in [0.25, 0.3) is 5.91 Å². The van der Waals surface area contributed by atoms with Crippen LogP contribution in [-0.4, -0.2) is 11.9 Å². The SMILES string of the molecule is NC(=O)c1c(-c2ccc(N(C(N)=O)c3cc(C(F)(F)F)ccc3F)cc2)csc1N. The molecule has 11 heteroatoms. The Balaban J connectivity index is 2.06. The van der Waals surface area contributed by atoms with Crippen molar-refractivity contribution in [1.29, 1.82) is 0 Å². The molecule has 0 bridgehead atoms. The molecule has 0 saturated carbocycles. The fourth-order valence-corrected chi connectivity index (χ4v) is 3.70. The molecule has 30 heavy (non-hydrogen) atoms. The van der Waals surface area contributed by atoms with Crippen LogP contribution < -0.4 is 22.1 Å². The first-order valence-electron chi connectivity index (χ1n) is 8.24. The standard InChI is InChI=1S/C19H14F4N4O2S/c20-13-6-3-10(19(21,22)23)7-14(13)27(18(26)29)11-4-1-9(2-5-11)12-8-30-17(25)15(12)16(24)28/h1-8H,25H2,(H2,24,28)(H2,26,29). The fraction of sp³-hybridized carbons (Fsp3) is 0.0526. The molecular formula is C19H14F4N4O2S. The zero-order valence-corrected chi connectivity index (χ0v) is 15.9. The molecule has 0 unspecified atom stereocenters. The minimum absolute atomic E-state index is 0.0216. The molecule has 0 radical (unpaired) electrons. The Kier molecular flexibility index (Phi) is 5.40. The molecule has 0 aliphatic rings. The molecular weight excluding hydrogens is 424 g/mol. The third kappa shape index (κ3) is 3.92. The van der Waals surface area contributed by atoms with E-state index in [0.717, 1.165) is 11.3 Å². The summed E-state index contributed by atoms with van der Waals surface area (Å²) in [6, 6.07) is 6.13. The Hall–Kier alpha value is -3.60. The molecule has 1 aromatic heterocycles. The van der Waals surface area contributed by atoms with E-state index in [1.54, 1.807) is 5.38 Å². The topological polar surface area (TPSA) is 115 Å². The third-order valence-corrected chi connectivity index (χ3v) is 5.05. The maximum absolute atomic E-state index is 14.3. The lowest BCUT2D eigenvalue weighted by Gasteiger charge is -2.22. The van der Waals surface area contributed by atoms with E-state index in [4.69, 9.17) is 17.2 Å². The van der Waals surface area contributed by atoms with Gasteiger partial charge in [-0.1, -0.05) is 12.1 Å². The van der Waals surface area contributed by atoms with Crippen LogP contribution in [0.1, 0.15) is 15.9 Å². The van der Waals surface area contributed by atoms with Crippen LogP contribution in [0.2, 0.25) is 0 Å². The molecule has 3 aromatic rings. The number of nitrogens with zero attached hydrogens (tertiary/aromatic N) is 1. The third-order valence-electron chi connectivity index (χ3n) is 4.24. The van der Waals surface area contributed by atoms with Crippen LogP contribution >= 0.6 is 11.3 Å². The molecule has 6 N–H and O–H groups in total. The Morgan fingerprint density at radius 3 is 2.17 bits per heavy atom. The van der Waals surface area contributed by atoms with Gasteiger partial charge < -0.3 is 17.2 Å². The molecule has 0 aliphatic carbocycles. The number of halogens is 4. The predicted molar refractivity (Wildman–Crippen MR) is 106 cm³/mol. The van der Waals surface area contributed by atoms with Crippen molar-refractivity contribution in [3.8, 4) is 11.1 Å². The number of nitrogens with two attached hydrogens (primary N) is 3. The van der Waals surface area contributed by atoms with Crippen molar-refractivity contribution in [2.45, 2.75) is 6.18 Å². The van der Waals surface area contributed by atoms with Crippen LogP contribution in [0.25, 0.3) is 11.1 Å². The number of urea groups is 1. The summed E-state index contributed by atoms with van der Waals surface area (Å²) in [7, 11) is 0. The van der Waals surface area contributed by atoms with E-state index in [-0.39, 0.29) is 16.3 Å². The second-order valence-corrected chi connectivity index (χ2v) is 7.05. The summed E-state index contributed by atoms with van der Waals surface area (Å²) in [6.45, 7) is 0. The normalized spacial score (nSPS) is 11.3. The first kappa shape index (κ1) is 21.1. The van der Waals surface area contributed by atoms with Crippen molar-refractivity contribution in [2.24, 2.45) is 11.5 Å². The van der Waals surface area contributed by atoms with Crippen molar-refractivity contribution >= 4 is 39.7 Å². The minimum atomic E-state index is -4.74. The Labute approximate surface area is 171 Å². The summed E-state index contributed by atoms with van der Waals surface area (Å²) < 4.78 is 53.3. The van der Waals surface area contributed by atoms with Crippen molar-refractivity contribution in [1.82, 2.24) is 0 Å². The fourth-order valence-electron chi connectivity index (χ4n) is 2.87. The summed E-state index contributed by atoms with van der Waals surface area (Å²) in [5.41, 5.74) is 15.7. The van der Waals surface area contributed by atoms with Gasteiger partial charge in [0.2, 0.25) is 0 Å². The lowest BCUT2D eigenvalue weighted by Crippen LogP contribution is -2.32. The Morgan fingerprint density at radius 1 is 1.00 bits per heavy atom. The second-order valence-electron chi connectivity index (χ2n) is 6.14. The van der Waals surface area contributed by atoms with E-state index in [1.807, 2.05) is 0 Å². The second kappa shape index (κ2) is 7.67. The van der Waals surface area contributed by atoms with Gasteiger partial charge >= 0.3 is 12.2 Å². The highest BCUT2D eigenvalue weighted by molar-refractivity contribution is 7.15. The average molecular weight is 438 g/mol. The van der Waals surface area contributed by atoms with Gasteiger partial charge in [-0.3, -0.25) is 9.69 Å². The van der Waals surface area contributed by atoms with Crippen LogP contribution in [0.3, 0.4) is 0 Å². The van der Waals surface area contributed by atoms with Gasteiger partial charge in [0, 0.05) is 10.9 Å². The lowest BCUT2D eigenvalue weighted by molar-refractivity contribution is -0.137. The van der Waals surface area contributed by atoms with Crippen LogP contribution in [0, 0.1) is 5.82 Å². The van der Waals surface area contributed by atoms with E-state index in [1.165, 1.54) is 24.3 Å². The van der Waals surface area contributed by atoms with E-state index in [9.17, 15) is 27.2 Å². The van der Waals surface area contributed by atoms with Crippen molar-refractivity contribution in [2.75, 3.05) is 10.6 Å². The van der Waals surface area contributed by atoms with E-state index in [0.29, 0.717) is 34.2 Å². The highest BCUT2D eigenvalue weighted by Gasteiger charge is 2.32. The average Bonchev–Trinajstić information content (AvgIpc) is 3.04. The molecule has 0 atom stereocenters. The first-order valence-corrected chi connectivity index (χ1v) is 9.12. The zero-order chi connectivity index (χ0) is 22.2. The molecule has 3 rings (SSSR count). The van der Waals surface area contributed by atoms with Gasteiger partial charge in [-0.25, -0.2) is 9.18 Å². The smallest absolute Gasteiger partial charge is 0.390 e. The number of benzene rings is 2. The molecule has 0 aliphatic heterocycles. The summed E-state index contributed by atoms with van der Waals surface area (Å²) in [5.74, 6) is -1.79. The van der Waals surface area contributed by atoms with Crippen molar-refractivity contribution in [3.63, 3.8) is 0 Å².